The number of hydrogen-bond donors (Lipinski definition) is 5. The summed E-state index contributed by atoms with van der Waals surface area (Å²) in [5, 5.41) is 38.1. The first-order chi connectivity index (χ1) is 15.9. The lowest BCUT2D eigenvalue weighted by molar-refractivity contribution is 0.0785. The van der Waals surface area contributed by atoms with Gasteiger partial charge in [-0.2, -0.15) is 0 Å². The summed E-state index contributed by atoms with van der Waals surface area (Å²) < 4.78 is 7.34. The van der Waals surface area contributed by atoms with E-state index >= 15 is 0 Å². The van der Waals surface area contributed by atoms with Gasteiger partial charge in [0.15, 0.2) is 0 Å². The summed E-state index contributed by atoms with van der Waals surface area (Å²) in [6, 6.07) is 15.1. The Morgan fingerprint density at radius 3 is 2.18 bits per heavy atom. The van der Waals surface area contributed by atoms with Gasteiger partial charge >= 0.3 is 0 Å². The first-order valence-electron chi connectivity index (χ1n) is 10.7. The monoisotopic (exact) mass is 453 g/mol. The van der Waals surface area contributed by atoms with Gasteiger partial charge in [0.25, 0.3) is 0 Å². The Morgan fingerprint density at radius 2 is 1.64 bits per heavy atom. The molecule has 0 bridgehead atoms. The van der Waals surface area contributed by atoms with Gasteiger partial charge in [-0.05, 0) is 35.7 Å². The van der Waals surface area contributed by atoms with Gasteiger partial charge < -0.3 is 35.5 Å². The molecule has 0 saturated heterocycles. The molecule has 8 heteroatoms. The number of nitrogens with zero attached hydrogens (tertiary/aromatic N) is 2. The number of ether oxygens (including phenoxy) is 1. The minimum absolute atomic E-state index is 0.00694. The van der Waals surface area contributed by atoms with Crippen LogP contribution < -0.4 is 10.5 Å². The van der Waals surface area contributed by atoms with E-state index in [1.54, 1.807) is 23.9 Å². The highest BCUT2D eigenvalue weighted by atomic mass is 16.5. The highest BCUT2D eigenvalue weighted by Gasteiger charge is 2.24. The van der Waals surface area contributed by atoms with Crippen molar-refractivity contribution in [2.45, 2.75) is 24.6 Å². The molecule has 3 rings (SSSR count). The standard InChI is InChI=1S/C25H31N3O5/c1-18(32)24-27-12-13-28(24)22(14-29)9-4-19-2-5-20(6-3-19)21-7-10-23(11-8-21)33-17-25(26,15-30)16-31/h2-13,18,22,29-32H,14-17,26H2,1H3/b9-4+/t18-,22-/m0/s1. The average molecular weight is 454 g/mol. The zero-order valence-corrected chi connectivity index (χ0v) is 18.6. The fourth-order valence-electron chi connectivity index (χ4n) is 3.29. The molecule has 0 fully saturated rings. The fraction of sp³-hybridized carbons (Fsp3) is 0.320. The maximum Gasteiger partial charge on any atom is 0.137 e. The van der Waals surface area contributed by atoms with Crippen LogP contribution in [-0.4, -0.2) is 61.9 Å². The van der Waals surface area contributed by atoms with E-state index in [1.807, 2.05) is 60.7 Å². The van der Waals surface area contributed by atoms with E-state index in [-0.39, 0.29) is 32.5 Å². The molecule has 0 radical (unpaired) electrons. The minimum atomic E-state index is -1.17. The highest BCUT2D eigenvalue weighted by Crippen LogP contribution is 2.24. The first kappa shape index (κ1) is 24.6. The molecule has 0 aliphatic heterocycles. The van der Waals surface area contributed by atoms with Crippen molar-refractivity contribution in [2.24, 2.45) is 5.73 Å². The van der Waals surface area contributed by atoms with Crippen molar-refractivity contribution in [3.8, 4) is 16.9 Å². The molecule has 6 N–H and O–H groups in total. The molecule has 8 nitrogen and oxygen atoms in total. The van der Waals surface area contributed by atoms with Crippen molar-refractivity contribution in [3.05, 3.63) is 78.4 Å². The maximum absolute atomic E-state index is 9.84. The molecular formula is C25H31N3O5. The van der Waals surface area contributed by atoms with Gasteiger partial charge in [-0.3, -0.25) is 0 Å². The summed E-state index contributed by atoms with van der Waals surface area (Å²) in [4.78, 5) is 4.15. The lowest BCUT2D eigenvalue weighted by atomic mass is 10.0. The number of rotatable bonds is 11. The predicted octanol–water partition coefficient (Wildman–Crippen LogP) is 1.91. The second kappa shape index (κ2) is 11.2. The lowest BCUT2D eigenvalue weighted by Crippen LogP contribution is -2.52. The molecule has 3 aromatic rings. The second-order valence-electron chi connectivity index (χ2n) is 8.09. The number of nitrogens with two attached hydrogens (primary N) is 1. The van der Waals surface area contributed by atoms with Crippen molar-refractivity contribution in [2.75, 3.05) is 26.4 Å². The molecule has 33 heavy (non-hydrogen) atoms. The van der Waals surface area contributed by atoms with Crippen LogP contribution in [0.4, 0.5) is 0 Å². The van der Waals surface area contributed by atoms with Gasteiger partial charge in [0, 0.05) is 12.4 Å². The topological polar surface area (TPSA) is 134 Å². The van der Waals surface area contributed by atoms with Crippen LogP contribution in [0, 0.1) is 0 Å². The Labute approximate surface area is 193 Å². The van der Waals surface area contributed by atoms with E-state index in [2.05, 4.69) is 4.98 Å². The normalized spacial score (nSPS) is 13.9. The molecule has 176 valence electrons. The van der Waals surface area contributed by atoms with Crippen molar-refractivity contribution >= 4 is 6.08 Å². The number of benzene rings is 2. The molecule has 0 amide bonds. The molecule has 0 saturated carbocycles. The number of aromatic nitrogens is 2. The largest absolute Gasteiger partial charge is 0.491 e. The zero-order valence-electron chi connectivity index (χ0n) is 18.6. The zero-order chi connectivity index (χ0) is 23.8. The van der Waals surface area contributed by atoms with Gasteiger partial charge in [-0.15, -0.1) is 0 Å². The molecule has 1 aromatic heterocycles. The number of imidazole rings is 1. The molecule has 2 atom stereocenters. The van der Waals surface area contributed by atoms with Crippen LogP contribution in [0.2, 0.25) is 0 Å². The summed E-state index contributed by atoms with van der Waals surface area (Å²) in [6.07, 6.45) is 6.43. The summed E-state index contributed by atoms with van der Waals surface area (Å²) >= 11 is 0. The summed E-state index contributed by atoms with van der Waals surface area (Å²) in [5.41, 5.74) is 7.66. The first-order valence-corrected chi connectivity index (χ1v) is 10.7. The Morgan fingerprint density at radius 1 is 1.03 bits per heavy atom. The predicted molar refractivity (Wildman–Crippen MR) is 126 cm³/mol. The molecular weight excluding hydrogens is 422 g/mol. The van der Waals surface area contributed by atoms with Crippen LogP contribution in [0.3, 0.4) is 0 Å². The Balaban J connectivity index is 1.65. The van der Waals surface area contributed by atoms with E-state index in [1.165, 1.54) is 0 Å². The molecule has 1 heterocycles. The van der Waals surface area contributed by atoms with Crippen LogP contribution in [0.25, 0.3) is 17.2 Å². The van der Waals surface area contributed by atoms with Crippen LogP contribution in [0.15, 0.2) is 67.0 Å². The van der Waals surface area contributed by atoms with Gasteiger partial charge in [-0.25, -0.2) is 4.98 Å². The van der Waals surface area contributed by atoms with Crippen LogP contribution in [0.5, 0.6) is 5.75 Å². The molecule has 0 aliphatic carbocycles. The lowest BCUT2D eigenvalue weighted by Gasteiger charge is -2.24. The van der Waals surface area contributed by atoms with E-state index < -0.39 is 11.6 Å². The SMILES string of the molecule is C[C@H](O)c1nccn1[C@@H](/C=C/c1ccc(-c2ccc(OCC(N)(CO)CO)cc2)cc1)CO. The minimum Gasteiger partial charge on any atom is -0.491 e. The van der Waals surface area contributed by atoms with E-state index in [4.69, 9.17) is 10.5 Å². The molecule has 0 aliphatic rings. The summed E-state index contributed by atoms with van der Waals surface area (Å²) in [5.74, 6) is 1.10. The van der Waals surface area contributed by atoms with Crippen LogP contribution >= 0.6 is 0 Å². The second-order valence-corrected chi connectivity index (χ2v) is 8.09. The van der Waals surface area contributed by atoms with Crippen molar-refractivity contribution < 1.29 is 25.2 Å². The van der Waals surface area contributed by atoms with Crippen LogP contribution in [-0.2, 0) is 0 Å². The summed E-state index contributed by atoms with van der Waals surface area (Å²) in [7, 11) is 0. The van der Waals surface area contributed by atoms with Crippen LogP contribution in [0.1, 0.15) is 30.5 Å². The van der Waals surface area contributed by atoms with Crippen molar-refractivity contribution in [1.82, 2.24) is 9.55 Å². The third-order valence-corrected chi connectivity index (χ3v) is 5.38. The third kappa shape index (κ3) is 6.28. The van der Waals surface area contributed by atoms with E-state index in [0.717, 1.165) is 16.7 Å². The maximum atomic E-state index is 9.84. The van der Waals surface area contributed by atoms with Gasteiger partial charge in [0.2, 0.25) is 0 Å². The third-order valence-electron chi connectivity index (χ3n) is 5.38. The van der Waals surface area contributed by atoms with Gasteiger partial charge in [-0.1, -0.05) is 48.6 Å². The molecule has 0 spiro atoms. The van der Waals surface area contributed by atoms with E-state index in [9.17, 15) is 20.4 Å². The highest BCUT2D eigenvalue weighted by molar-refractivity contribution is 5.66. The smallest absolute Gasteiger partial charge is 0.137 e. The van der Waals surface area contributed by atoms with Gasteiger partial charge in [0.1, 0.15) is 24.3 Å². The molecule has 0 unspecified atom stereocenters. The Kier molecular flexibility index (Phi) is 8.37. The number of aliphatic hydroxyl groups excluding tert-OH is 4. The van der Waals surface area contributed by atoms with Gasteiger partial charge in [0.05, 0.1) is 31.4 Å². The average Bonchev–Trinajstić information content (AvgIpc) is 3.34. The van der Waals surface area contributed by atoms with E-state index in [0.29, 0.717) is 11.6 Å². The molecule has 2 aromatic carbocycles. The number of aliphatic hydroxyl groups is 4. The fourth-order valence-corrected chi connectivity index (χ4v) is 3.29. The number of hydrogen-bond acceptors (Lipinski definition) is 7. The Hall–Kier alpha value is -3.01. The summed E-state index contributed by atoms with van der Waals surface area (Å²) in [6.45, 7) is 0.801. The quantitative estimate of drug-likeness (QED) is 0.299. The van der Waals surface area contributed by atoms with Crippen molar-refractivity contribution in [3.63, 3.8) is 0 Å². The Bertz CT molecular complexity index is 1020. The van der Waals surface area contributed by atoms with Crippen molar-refractivity contribution in [1.29, 1.82) is 0 Å².